The average molecular weight is 490 g/mol. The molecular weight excluding hydrogens is 454 g/mol. The van der Waals surface area contributed by atoms with Crippen molar-refractivity contribution >= 4 is 16.7 Å². The van der Waals surface area contributed by atoms with Crippen molar-refractivity contribution in [1.29, 1.82) is 0 Å². The fourth-order valence-corrected chi connectivity index (χ4v) is 5.50. The van der Waals surface area contributed by atoms with Crippen molar-refractivity contribution in [2.45, 2.75) is 63.9 Å². The number of ether oxygens (including phenoxy) is 2. The summed E-state index contributed by atoms with van der Waals surface area (Å²) in [5.74, 6) is -0.608. The van der Waals surface area contributed by atoms with Crippen molar-refractivity contribution in [1.82, 2.24) is 5.32 Å². The van der Waals surface area contributed by atoms with E-state index in [-0.39, 0.29) is 30.3 Å². The van der Waals surface area contributed by atoms with Gasteiger partial charge in [-0.05, 0) is 61.6 Å². The normalized spacial score (nSPS) is 22.0. The summed E-state index contributed by atoms with van der Waals surface area (Å²) in [7, 11) is 0. The lowest BCUT2D eigenvalue weighted by Gasteiger charge is -2.28. The lowest BCUT2D eigenvalue weighted by molar-refractivity contribution is -0.139. The van der Waals surface area contributed by atoms with Crippen molar-refractivity contribution in [3.8, 4) is 5.75 Å². The number of carbonyl (C=O) groups is 1. The number of benzene rings is 3. The van der Waals surface area contributed by atoms with Crippen molar-refractivity contribution < 1.29 is 24.5 Å². The number of carboxylic acid groups (broad SMARTS) is 1. The van der Waals surface area contributed by atoms with Gasteiger partial charge >= 0.3 is 5.97 Å². The molecule has 0 spiro atoms. The molecule has 1 aliphatic heterocycles. The van der Waals surface area contributed by atoms with Crippen LogP contribution in [-0.2, 0) is 16.0 Å². The van der Waals surface area contributed by atoms with Gasteiger partial charge < -0.3 is 25.0 Å². The van der Waals surface area contributed by atoms with E-state index in [1.54, 1.807) is 0 Å². The number of aliphatic hydroxyl groups excluding tert-OH is 1. The van der Waals surface area contributed by atoms with Gasteiger partial charge in [0.1, 0.15) is 17.8 Å². The van der Waals surface area contributed by atoms with Gasteiger partial charge in [-0.25, -0.2) is 0 Å². The Hall–Kier alpha value is -2.93. The highest BCUT2D eigenvalue weighted by Crippen LogP contribution is 2.61. The van der Waals surface area contributed by atoms with Gasteiger partial charge in [-0.3, -0.25) is 4.79 Å². The maximum Gasteiger partial charge on any atom is 0.311 e. The van der Waals surface area contributed by atoms with Gasteiger partial charge in [-0.15, -0.1) is 0 Å². The number of nitrogens with one attached hydrogen (secondary N) is 1. The van der Waals surface area contributed by atoms with Gasteiger partial charge in [0.2, 0.25) is 0 Å². The second-order valence-electron chi connectivity index (χ2n) is 10.9. The zero-order chi connectivity index (χ0) is 25.6. The summed E-state index contributed by atoms with van der Waals surface area (Å²) in [6, 6.07) is 18.9. The molecule has 2 aliphatic rings. The minimum Gasteiger partial charge on any atom is -0.488 e. The summed E-state index contributed by atoms with van der Waals surface area (Å²) in [6.07, 6.45) is -0.385. The van der Waals surface area contributed by atoms with Crippen LogP contribution in [-0.4, -0.2) is 47.1 Å². The number of fused-ring (bicyclic) bond motifs is 4. The summed E-state index contributed by atoms with van der Waals surface area (Å²) < 4.78 is 12.0. The van der Waals surface area contributed by atoms with Gasteiger partial charge in [-0.2, -0.15) is 0 Å². The summed E-state index contributed by atoms with van der Waals surface area (Å²) in [4.78, 5) is 11.5. The van der Waals surface area contributed by atoms with Gasteiger partial charge in [0.15, 0.2) is 0 Å². The number of hydrogen-bond acceptors (Lipinski definition) is 5. The Morgan fingerprint density at radius 1 is 1.14 bits per heavy atom. The fraction of sp³-hybridized carbons (Fsp3) is 0.433. The second-order valence-corrected chi connectivity index (χ2v) is 10.9. The van der Waals surface area contributed by atoms with E-state index in [1.807, 2.05) is 32.0 Å². The van der Waals surface area contributed by atoms with E-state index < -0.39 is 18.0 Å². The Morgan fingerprint density at radius 2 is 1.89 bits per heavy atom. The van der Waals surface area contributed by atoms with Crippen molar-refractivity contribution in [2.24, 2.45) is 5.92 Å². The first-order chi connectivity index (χ1) is 17.1. The first-order valence-corrected chi connectivity index (χ1v) is 12.7. The summed E-state index contributed by atoms with van der Waals surface area (Å²) in [5.41, 5.74) is 3.97. The SMILES string of the molecule is Cc1ccc(C(C)OC[C@H](O)CNC(C)(C)Cc2ccc3ccccc3c2)c2c1OC1C(C(=O)O)C21. The van der Waals surface area contributed by atoms with Gasteiger partial charge in [0.05, 0.1) is 18.8 Å². The van der Waals surface area contributed by atoms with E-state index in [0.717, 1.165) is 28.9 Å². The van der Waals surface area contributed by atoms with Crippen LogP contribution in [0.5, 0.6) is 5.75 Å². The van der Waals surface area contributed by atoms with Crippen molar-refractivity contribution in [3.05, 3.63) is 76.9 Å². The van der Waals surface area contributed by atoms with Crippen LogP contribution in [0.4, 0.5) is 0 Å². The fourth-order valence-electron chi connectivity index (χ4n) is 5.50. The minimum atomic E-state index is -0.815. The maximum absolute atomic E-state index is 11.5. The lowest BCUT2D eigenvalue weighted by Crippen LogP contribution is -2.46. The van der Waals surface area contributed by atoms with E-state index in [2.05, 4.69) is 55.6 Å². The summed E-state index contributed by atoms with van der Waals surface area (Å²) in [5, 5.41) is 26.1. The monoisotopic (exact) mass is 489 g/mol. The second kappa shape index (κ2) is 9.51. The van der Waals surface area contributed by atoms with Gasteiger partial charge in [0, 0.05) is 23.6 Å². The largest absolute Gasteiger partial charge is 0.488 e. The van der Waals surface area contributed by atoms with Crippen LogP contribution in [0.1, 0.15) is 55.0 Å². The highest BCUT2D eigenvalue weighted by atomic mass is 16.5. The Bertz CT molecular complexity index is 1290. The Kier molecular flexibility index (Phi) is 6.54. The molecule has 0 amide bonds. The molecule has 5 rings (SSSR count). The molecule has 6 heteroatoms. The zero-order valence-corrected chi connectivity index (χ0v) is 21.3. The highest BCUT2D eigenvalue weighted by Gasteiger charge is 2.64. The van der Waals surface area contributed by atoms with Crippen LogP contribution in [0.25, 0.3) is 10.8 Å². The third-order valence-electron chi connectivity index (χ3n) is 7.51. The summed E-state index contributed by atoms with van der Waals surface area (Å²) in [6.45, 7) is 8.79. The third-order valence-corrected chi connectivity index (χ3v) is 7.51. The van der Waals surface area contributed by atoms with Gasteiger partial charge in [-0.1, -0.05) is 54.6 Å². The van der Waals surface area contributed by atoms with Crippen LogP contribution >= 0.6 is 0 Å². The van der Waals surface area contributed by atoms with E-state index >= 15 is 0 Å². The predicted octanol–water partition coefficient (Wildman–Crippen LogP) is 4.76. The first-order valence-electron chi connectivity index (χ1n) is 12.7. The molecule has 0 radical (unpaired) electrons. The lowest BCUT2D eigenvalue weighted by atomic mass is 9.93. The standard InChI is InChI=1S/C30H35NO5/c1-17-9-12-23(24-25-26(29(33)34)28(25)36-27(17)24)18(2)35-16-22(32)15-31-30(3,4)14-19-10-11-20-7-5-6-8-21(20)13-19/h5-13,18,22,25-26,28,31-32H,14-16H2,1-4H3,(H,33,34)/t18?,22-,25?,26?,28?/m1/s1. The molecule has 0 bridgehead atoms. The first kappa shape index (κ1) is 24.8. The van der Waals surface area contributed by atoms with Gasteiger partial charge in [0.25, 0.3) is 0 Å². The Morgan fingerprint density at radius 3 is 2.64 bits per heavy atom. The van der Waals surface area contributed by atoms with Crippen LogP contribution in [0, 0.1) is 12.8 Å². The number of hydrogen-bond donors (Lipinski definition) is 3. The molecule has 190 valence electrons. The number of aliphatic carboxylic acids is 1. The maximum atomic E-state index is 11.5. The molecule has 3 aromatic carbocycles. The Labute approximate surface area is 212 Å². The molecule has 3 aromatic rings. The zero-order valence-electron chi connectivity index (χ0n) is 21.3. The molecule has 0 aromatic heterocycles. The highest BCUT2D eigenvalue weighted by molar-refractivity contribution is 5.83. The Balaban J connectivity index is 1.16. The molecule has 4 unspecified atom stereocenters. The molecule has 3 N–H and O–H groups in total. The smallest absolute Gasteiger partial charge is 0.311 e. The molecular formula is C30H35NO5. The number of aliphatic hydroxyl groups is 1. The molecule has 1 heterocycles. The minimum absolute atomic E-state index is 0.110. The molecule has 5 atom stereocenters. The number of aryl methyl sites for hydroxylation is 1. The molecule has 1 fully saturated rings. The van der Waals surface area contributed by atoms with E-state index in [4.69, 9.17) is 9.47 Å². The molecule has 1 aliphatic carbocycles. The third kappa shape index (κ3) is 4.85. The van der Waals surface area contributed by atoms with Crippen LogP contribution in [0.2, 0.25) is 0 Å². The molecule has 0 saturated heterocycles. The van der Waals surface area contributed by atoms with E-state index in [1.165, 1.54) is 16.3 Å². The average Bonchev–Trinajstić information content (AvgIpc) is 3.43. The topological polar surface area (TPSA) is 88.0 Å². The van der Waals surface area contributed by atoms with Crippen LogP contribution in [0.15, 0.2) is 54.6 Å². The molecule has 1 saturated carbocycles. The van der Waals surface area contributed by atoms with Crippen molar-refractivity contribution in [3.63, 3.8) is 0 Å². The molecule has 36 heavy (non-hydrogen) atoms. The van der Waals surface area contributed by atoms with Crippen LogP contribution < -0.4 is 10.1 Å². The number of carboxylic acids is 1. The number of β-amino-alcohol motifs (C(OH)–C–C–N with tert-alkyl or cyclic N) is 1. The summed E-state index contributed by atoms with van der Waals surface area (Å²) >= 11 is 0. The van der Waals surface area contributed by atoms with Crippen LogP contribution in [0.3, 0.4) is 0 Å². The number of rotatable bonds is 10. The quantitative estimate of drug-likeness (QED) is 0.381. The molecule has 6 nitrogen and oxygen atoms in total. The van der Waals surface area contributed by atoms with E-state index in [0.29, 0.717) is 6.54 Å². The van der Waals surface area contributed by atoms with Crippen molar-refractivity contribution in [2.75, 3.05) is 13.2 Å². The predicted molar refractivity (Wildman–Crippen MR) is 140 cm³/mol. The van der Waals surface area contributed by atoms with E-state index in [9.17, 15) is 15.0 Å².